The first-order valence-electron chi connectivity index (χ1n) is 6.17. The molecule has 1 fully saturated rings. The maximum absolute atomic E-state index is 5.78. The van der Waals surface area contributed by atoms with Crippen molar-refractivity contribution < 1.29 is 0 Å². The van der Waals surface area contributed by atoms with Gasteiger partial charge in [0.25, 0.3) is 0 Å². The Kier molecular flexibility index (Phi) is 3.30. The van der Waals surface area contributed by atoms with Crippen molar-refractivity contribution in [3.63, 3.8) is 0 Å². The zero-order chi connectivity index (χ0) is 11.6. The highest BCUT2D eigenvalue weighted by Gasteiger charge is 2.41. The fraction of sp³-hybridized carbons (Fsp3) is 0.750. The molecule has 0 spiro atoms. The van der Waals surface area contributed by atoms with E-state index in [9.17, 15) is 0 Å². The summed E-state index contributed by atoms with van der Waals surface area (Å²) in [6, 6.07) is 2.30. The van der Waals surface area contributed by atoms with Gasteiger partial charge >= 0.3 is 0 Å². The Morgan fingerprint density at radius 2 is 2.25 bits per heavy atom. The highest BCUT2D eigenvalue weighted by Crippen LogP contribution is 2.49. The molecule has 1 saturated carbocycles. The van der Waals surface area contributed by atoms with Crippen LogP contribution in [0, 0.1) is 5.41 Å². The van der Waals surface area contributed by atoms with E-state index in [-0.39, 0.29) is 6.04 Å². The summed E-state index contributed by atoms with van der Waals surface area (Å²) in [4.78, 5) is 0. The van der Waals surface area contributed by atoms with Crippen molar-refractivity contribution in [2.24, 2.45) is 18.3 Å². The van der Waals surface area contributed by atoms with E-state index in [1.165, 1.54) is 37.8 Å². The van der Waals surface area contributed by atoms with Crippen molar-refractivity contribution in [1.82, 2.24) is 15.2 Å². The number of rotatable bonds is 4. The molecule has 1 aromatic rings. The van der Waals surface area contributed by atoms with E-state index in [1.54, 1.807) is 0 Å². The molecule has 1 aromatic heterocycles. The van der Waals surface area contributed by atoms with Crippen LogP contribution in [0.4, 0.5) is 0 Å². The Morgan fingerprint density at radius 1 is 1.56 bits per heavy atom. The van der Waals surface area contributed by atoms with Crippen LogP contribution in [-0.2, 0) is 7.05 Å². The zero-order valence-electron chi connectivity index (χ0n) is 10.2. The van der Waals surface area contributed by atoms with Crippen LogP contribution in [-0.4, -0.2) is 9.78 Å². The fourth-order valence-corrected chi connectivity index (χ4v) is 3.17. The first kappa shape index (κ1) is 11.6. The van der Waals surface area contributed by atoms with E-state index in [0.717, 1.165) is 0 Å². The average Bonchev–Trinajstić information content (AvgIpc) is 2.91. The molecule has 4 heteroatoms. The summed E-state index contributed by atoms with van der Waals surface area (Å²) in [6.07, 6.45) is 8.20. The summed E-state index contributed by atoms with van der Waals surface area (Å²) in [5, 5.41) is 4.24. The summed E-state index contributed by atoms with van der Waals surface area (Å²) >= 11 is 0. The van der Waals surface area contributed by atoms with Gasteiger partial charge in [-0.05, 0) is 30.7 Å². The summed E-state index contributed by atoms with van der Waals surface area (Å²) < 4.78 is 1.93. The molecule has 4 nitrogen and oxygen atoms in total. The second-order valence-electron chi connectivity index (χ2n) is 4.90. The summed E-state index contributed by atoms with van der Waals surface area (Å²) in [6.45, 7) is 2.27. The minimum Gasteiger partial charge on any atom is -0.271 e. The largest absolute Gasteiger partial charge is 0.271 e. The Balaban J connectivity index is 2.31. The van der Waals surface area contributed by atoms with Gasteiger partial charge in [-0.2, -0.15) is 5.10 Å². The first-order chi connectivity index (χ1) is 7.73. The number of nitrogens with zero attached hydrogens (tertiary/aromatic N) is 2. The van der Waals surface area contributed by atoms with Gasteiger partial charge < -0.3 is 0 Å². The van der Waals surface area contributed by atoms with Gasteiger partial charge in [0.2, 0.25) is 0 Å². The van der Waals surface area contributed by atoms with Gasteiger partial charge in [0, 0.05) is 13.2 Å². The van der Waals surface area contributed by atoms with E-state index < -0.39 is 0 Å². The van der Waals surface area contributed by atoms with Crippen LogP contribution in [0.15, 0.2) is 12.3 Å². The smallest absolute Gasteiger partial charge is 0.0684 e. The van der Waals surface area contributed by atoms with Gasteiger partial charge in [-0.1, -0.05) is 19.8 Å². The second kappa shape index (κ2) is 4.55. The van der Waals surface area contributed by atoms with Crippen molar-refractivity contribution in [1.29, 1.82) is 0 Å². The topological polar surface area (TPSA) is 55.9 Å². The van der Waals surface area contributed by atoms with Crippen molar-refractivity contribution in [3.8, 4) is 0 Å². The lowest BCUT2D eigenvalue weighted by molar-refractivity contribution is 0.180. The monoisotopic (exact) mass is 222 g/mol. The van der Waals surface area contributed by atoms with E-state index in [4.69, 9.17) is 5.84 Å². The lowest BCUT2D eigenvalue weighted by atomic mass is 9.75. The number of hydrazine groups is 1. The molecule has 1 unspecified atom stereocenters. The minimum absolute atomic E-state index is 0.229. The van der Waals surface area contributed by atoms with Crippen LogP contribution in [0.5, 0.6) is 0 Å². The Bertz CT molecular complexity index is 339. The molecule has 0 amide bonds. The number of nitrogens with one attached hydrogen (secondary N) is 1. The molecule has 90 valence electrons. The third-order valence-corrected chi connectivity index (χ3v) is 4.24. The highest BCUT2D eigenvalue weighted by molar-refractivity contribution is 5.12. The standard InChI is InChI=1S/C12H22N4/c1-3-12(7-4-5-8-12)11(15-13)10-6-9-14-16(10)2/h6,9,11,15H,3-5,7-8,13H2,1-2H3. The zero-order valence-corrected chi connectivity index (χ0v) is 10.2. The van der Waals surface area contributed by atoms with Crippen molar-refractivity contribution in [2.75, 3.05) is 0 Å². The van der Waals surface area contributed by atoms with Crippen LogP contribution < -0.4 is 11.3 Å². The third-order valence-electron chi connectivity index (χ3n) is 4.24. The predicted octanol–water partition coefficient (Wildman–Crippen LogP) is 1.89. The lowest BCUT2D eigenvalue weighted by Gasteiger charge is -2.36. The first-order valence-corrected chi connectivity index (χ1v) is 6.17. The predicted molar refractivity (Wildman–Crippen MR) is 64.5 cm³/mol. The number of aryl methyl sites for hydroxylation is 1. The maximum atomic E-state index is 5.78. The van der Waals surface area contributed by atoms with E-state index in [2.05, 4.69) is 23.5 Å². The normalized spacial score (nSPS) is 21.2. The van der Waals surface area contributed by atoms with Crippen LogP contribution in [0.3, 0.4) is 0 Å². The number of nitrogens with two attached hydrogens (primary N) is 1. The SMILES string of the molecule is CCC1(C(NN)c2ccnn2C)CCCC1. The molecule has 0 aromatic carbocycles. The summed E-state index contributed by atoms with van der Waals surface area (Å²) in [5.41, 5.74) is 4.54. The number of aromatic nitrogens is 2. The molecule has 1 heterocycles. The maximum Gasteiger partial charge on any atom is 0.0684 e. The van der Waals surface area contributed by atoms with Crippen LogP contribution >= 0.6 is 0 Å². The van der Waals surface area contributed by atoms with Crippen molar-refractivity contribution in [3.05, 3.63) is 18.0 Å². The molecule has 16 heavy (non-hydrogen) atoms. The van der Waals surface area contributed by atoms with Gasteiger partial charge in [-0.15, -0.1) is 0 Å². The molecule has 1 atom stereocenters. The lowest BCUT2D eigenvalue weighted by Crippen LogP contribution is -2.41. The van der Waals surface area contributed by atoms with Gasteiger partial charge in [0.1, 0.15) is 0 Å². The minimum atomic E-state index is 0.229. The van der Waals surface area contributed by atoms with E-state index in [0.29, 0.717) is 5.41 Å². The molecule has 0 bridgehead atoms. The highest BCUT2D eigenvalue weighted by atomic mass is 15.3. The fourth-order valence-electron chi connectivity index (χ4n) is 3.17. The van der Waals surface area contributed by atoms with Gasteiger partial charge in [-0.25, -0.2) is 0 Å². The number of hydrogen-bond donors (Lipinski definition) is 2. The summed E-state index contributed by atoms with van der Waals surface area (Å²) in [7, 11) is 1.98. The average molecular weight is 222 g/mol. The van der Waals surface area contributed by atoms with Crippen LogP contribution in [0.2, 0.25) is 0 Å². The molecule has 1 aliphatic carbocycles. The molecule has 2 rings (SSSR count). The molecular weight excluding hydrogens is 200 g/mol. The van der Waals surface area contributed by atoms with Gasteiger partial charge in [0.15, 0.2) is 0 Å². The molecular formula is C12H22N4. The quantitative estimate of drug-likeness (QED) is 0.604. The molecule has 0 radical (unpaired) electrons. The Morgan fingerprint density at radius 3 is 2.69 bits per heavy atom. The Labute approximate surface area is 97.2 Å². The van der Waals surface area contributed by atoms with Crippen LogP contribution in [0.25, 0.3) is 0 Å². The molecule has 0 saturated heterocycles. The van der Waals surface area contributed by atoms with Crippen LogP contribution in [0.1, 0.15) is 50.8 Å². The second-order valence-corrected chi connectivity index (χ2v) is 4.90. The number of hydrogen-bond acceptors (Lipinski definition) is 3. The Hall–Kier alpha value is -0.870. The van der Waals surface area contributed by atoms with E-state index in [1.807, 2.05) is 17.9 Å². The van der Waals surface area contributed by atoms with E-state index >= 15 is 0 Å². The third kappa shape index (κ3) is 1.76. The van der Waals surface area contributed by atoms with Crippen molar-refractivity contribution >= 4 is 0 Å². The van der Waals surface area contributed by atoms with Gasteiger partial charge in [0.05, 0.1) is 11.7 Å². The van der Waals surface area contributed by atoms with Crippen molar-refractivity contribution in [2.45, 2.75) is 45.1 Å². The summed E-state index contributed by atoms with van der Waals surface area (Å²) in [5.74, 6) is 5.78. The van der Waals surface area contributed by atoms with Gasteiger partial charge in [-0.3, -0.25) is 16.0 Å². The molecule has 0 aliphatic heterocycles. The molecule has 1 aliphatic rings. The molecule has 3 N–H and O–H groups in total.